The van der Waals surface area contributed by atoms with Gasteiger partial charge in [0.05, 0.1) is 12.6 Å². The molecule has 0 amide bonds. The molecular weight excluding hydrogens is 618 g/mol. The van der Waals surface area contributed by atoms with Gasteiger partial charge in [-0.1, -0.05) is 60.7 Å². The molecule has 0 fully saturated rings. The molecule has 0 unspecified atom stereocenters. The van der Waals surface area contributed by atoms with E-state index in [0.717, 1.165) is 18.3 Å². The molecule has 0 radical (unpaired) electrons. The van der Waals surface area contributed by atoms with Gasteiger partial charge in [0, 0.05) is 0 Å². The summed E-state index contributed by atoms with van der Waals surface area (Å²) in [4.78, 5) is 9.07. The molecule has 4 aromatic rings. The Labute approximate surface area is 206 Å². The lowest BCUT2D eigenvalue weighted by Crippen LogP contribution is -2.29. The van der Waals surface area contributed by atoms with Gasteiger partial charge in [0.15, 0.2) is 11.5 Å². The second kappa shape index (κ2) is 8.09. The fourth-order valence-electron chi connectivity index (χ4n) is 4.64. The number of fused-ring (bicyclic) bond motifs is 3. The minimum Gasteiger partial charge on any atom is -0.339 e. The zero-order chi connectivity index (χ0) is 21.6. The summed E-state index contributed by atoms with van der Waals surface area (Å²) in [6.07, 6.45) is 0. The highest BCUT2D eigenvalue weighted by Gasteiger charge is 2.46. The highest BCUT2D eigenvalue weighted by molar-refractivity contribution is 14.1. The van der Waals surface area contributed by atoms with E-state index in [0.29, 0.717) is 11.5 Å². The van der Waals surface area contributed by atoms with Crippen LogP contribution in [0.2, 0.25) is 0 Å². The maximum atomic E-state index is 9.22. The Balaban J connectivity index is 1.92. The molecule has 6 heteroatoms. The Kier molecular flexibility index (Phi) is 5.41. The average Bonchev–Trinajstić information content (AvgIpc) is 3.10. The van der Waals surface area contributed by atoms with Gasteiger partial charge in [0.1, 0.15) is 0 Å². The molecule has 4 nitrogen and oxygen atoms in total. The third-order valence-electron chi connectivity index (χ3n) is 5.88. The number of hydrogen-bond acceptors (Lipinski definition) is 4. The molecular formula is C25H16I2O4. The van der Waals surface area contributed by atoms with Crippen LogP contribution in [0.25, 0.3) is 11.1 Å². The zero-order valence-corrected chi connectivity index (χ0v) is 20.4. The maximum Gasteiger partial charge on any atom is 0.178 e. The van der Waals surface area contributed by atoms with Gasteiger partial charge in [-0.3, -0.25) is 0 Å². The predicted molar refractivity (Wildman–Crippen MR) is 136 cm³/mol. The lowest BCUT2D eigenvalue weighted by atomic mass is 9.68. The molecule has 154 valence electrons. The first kappa shape index (κ1) is 20.7. The Morgan fingerprint density at radius 2 is 1.00 bits per heavy atom. The fraction of sp³-hybridized carbons (Fsp3) is 0.0400. The van der Waals surface area contributed by atoms with Crippen molar-refractivity contribution in [3.63, 3.8) is 0 Å². The third-order valence-corrected chi connectivity index (χ3v) is 7.56. The Morgan fingerprint density at radius 3 is 1.39 bits per heavy atom. The molecule has 2 N–H and O–H groups in total. The van der Waals surface area contributed by atoms with Crippen LogP contribution >= 0.6 is 45.2 Å². The van der Waals surface area contributed by atoms with Gasteiger partial charge in [0.25, 0.3) is 0 Å². The maximum absolute atomic E-state index is 9.22. The van der Waals surface area contributed by atoms with Gasteiger partial charge in [-0.05, 0) is 103 Å². The summed E-state index contributed by atoms with van der Waals surface area (Å²) in [7, 11) is 0. The Morgan fingerprint density at radius 1 is 0.581 bits per heavy atom. The van der Waals surface area contributed by atoms with E-state index in [2.05, 4.69) is 103 Å². The normalized spacial score (nSPS) is 13.4. The van der Waals surface area contributed by atoms with E-state index < -0.39 is 5.41 Å². The van der Waals surface area contributed by atoms with Gasteiger partial charge < -0.3 is 9.78 Å². The molecule has 31 heavy (non-hydrogen) atoms. The number of hydrogen-bond donors (Lipinski definition) is 2. The smallest absolute Gasteiger partial charge is 0.178 e. The van der Waals surface area contributed by atoms with Crippen LogP contribution in [-0.4, -0.2) is 10.5 Å². The summed E-state index contributed by atoms with van der Waals surface area (Å²) >= 11 is 4.35. The summed E-state index contributed by atoms with van der Waals surface area (Å²) in [5, 5.41) is 18.4. The van der Waals surface area contributed by atoms with E-state index in [1.165, 1.54) is 22.3 Å². The van der Waals surface area contributed by atoms with Crippen molar-refractivity contribution in [1.29, 1.82) is 0 Å². The van der Waals surface area contributed by atoms with Crippen molar-refractivity contribution in [3.8, 4) is 22.6 Å². The molecule has 5 rings (SSSR count). The van der Waals surface area contributed by atoms with E-state index in [-0.39, 0.29) is 0 Å². The highest BCUT2D eigenvalue weighted by Crippen LogP contribution is 2.56. The largest absolute Gasteiger partial charge is 0.339 e. The molecule has 0 spiro atoms. The number of halogens is 2. The summed E-state index contributed by atoms with van der Waals surface area (Å²) in [6, 6.07) is 28.6. The van der Waals surface area contributed by atoms with Crippen LogP contribution in [0.4, 0.5) is 0 Å². The topological polar surface area (TPSA) is 58.9 Å². The summed E-state index contributed by atoms with van der Waals surface area (Å²) in [5.41, 5.74) is 6.28. The molecule has 4 aromatic carbocycles. The van der Waals surface area contributed by atoms with Gasteiger partial charge in [-0.25, -0.2) is 10.5 Å². The Bertz CT molecular complexity index is 1200. The molecule has 0 saturated carbocycles. The van der Waals surface area contributed by atoms with Crippen LogP contribution in [0.5, 0.6) is 11.5 Å². The molecule has 0 bridgehead atoms. The fourth-order valence-corrected chi connectivity index (χ4v) is 5.87. The second-order valence-corrected chi connectivity index (χ2v) is 9.64. The standard InChI is InChI=1S/C25H16I2O4/c26-21-13-15(9-11-23(21)30-28)25(16-10-12-24(31-29)22(27)14-16)19-7-3-1-5-17(19)18-6-2-4-8-20(18)25/h1-14,28-29H. The van der Waals surface area contributed by atoms with Crippen molar-refractivity contribution in [2.24, 2.45) is 0 Å². The summed E-state index contributed by atoms with van der Waals surface area (Å²) < 4.78 is 1.62. The van der Waals surface area contributed by atoms with Crippen molar-refractivity contribution in [3.05, 3.63) is 114 Å². The third kappa shape index (κ3) is 3.07. The van der Waals surface area contributed by atoms with E-state index in [4.69, 9.17) is 0 Å². The van der Waals surface area contributed by atoms with Gasteiger partial charge in [-0.15, -0.1) is 0 Å². The SMILES string of the molecule is OOc1ccc(C2(c3ccc(OO)c(I)c3)c3ccccc3-c3ccccc32)cc1I. The first-order valence-electron chi connectivity index (χ1n) is 9.53. The van der Waals surface area contributed by atoms with Crippen LogP contribution in [0, 0.1) is 7.14 Å². The van der Waals surface area contributed by atoms with Crippen LogP contribution in [0.3, 0.4) is 0 Å². The molecule has 1 aliphatic carbocycles. The van der Waals surface area contributed by atoms with E-state index in [1.807, 2.05) is 24.3 Å². The second-order valence-electron chi connectivity index (χ2n) is 7.31. The van der Waals surface area contributed by atoms with Crippen LogP contribution in [0.15, 0.2) is 84.9 Å². The van der Waals surface area contributed by atoms with Gasteiger partial charge in [-0.2, -0.15) is 0 Å². The molecule has 0 aliphatic heterocycles. The van der Waals surface area contributed by atoms with E-state index in [1.54, 1.807) is 12.1 Å². The van der Waals surface area contributed by atoms with Crippen molar-refractivity contribution in [1.82, 2.24) is 0 Å². The summed E-state index contributed by atoms with van der Waals surface area (Å²) in [6.45, 7) is 0. The number of rotatable bonds is 4. The first-order valence-corrected chi connectivity index (χ1v) is 11.7. The van der Waals surface area contributed by atoms with Crippen LogP contribution < -0.4 is 9.78 Å². The van der Waals surface area contributed by atoms with E-state index in [9.17, 15) is 10.5 Å². The lowest BCUT2D eigenvalue weighted by molar-refractivity contribution is -0.138. The van der Waals surface area contributed by atoms with Crippen LogP contribution in [0.1, 0.15) is 22.3 Å². The van der Waals surface area contributed by atoms with Crippen molar-refractivity contribution in [2.75, 3.05) is 0 Å². The lowest BCUT2D eigenvalue weighted by Gasteiger charge is -2.34. The Hall–Kier alpha value is -2.14. The van der Waals surface area contributed by atoms with Gasteiger partial charge >= 0.3 is 0 Å². The first-order chi connectivity index (χ1) is 15.1. The number of benzene rings is 4. The van der Waals surface area contributed by atoms with Crippen molar-refractivity contribution >= 4 is 45.2 Å². The molecule has 0 heterocycles. The minimum atomic E-state index is -0.574. The van der Waals surface area contributed by atoms with E-state index >= 15 is 0 Å². The molecule has 1 aliphatic rings. The van der Waals surface area contributed by atoms with Crippen molar-refractivity contribution in [2.45, 2.75) is 5.41 Å². The predicted octanol–water partition coefficient (Wildman–Crippen LogP) is 6.96. The molecule has 0 atom stereocenters. The van der Waals surface area contributed by atoms with Crippen LogP contribution in [-0.2, 0) is 5.41 Å². The highest BCUT2D eigenvalue weighted by atomic mass is 127. The monoisotopic (exact) mass is 634 g/mol. The van der Waals surface area contributed by atoms with Crippen molar-refractivity contribution < 1.29 is 20.3 Å². The van der Waals surface area contributed by atoms with Gasteiger partial charge in [0.2, 0.25) is 0 Å². The quantitative estimate of drug-likeness (QED) is 0.128. The minimum absolute atomic E-state index is 0.415. The molecule has 0 aromatic heterocycles. The zero-order valence-electron chi connectivity index (χ0n) is 16.0. The summed E-state index contributed by atoms with van der Waals surface area (Å²) in [5.74, 6) is 0.829. The molecule has 0 saturated heterocycles. The average molecular weight is 634 g/mol.